The van der Waals surface area contributed by atoms with Crippen LogP contribution in [0.1, 0.15) is 32.5 Å². The van der Waals surface area contributed by atoms with E-state index >= 15 is 0 Å². The van der Waals surface area contributed by atoms with E-state index in [-0.39, 0.29) is 34.5 Å². The number of hydrogen-bond donors (Lipinski definition) is 1. The fraction of sp³-hybridized carbons (Fsp3) is 0.357. The Morgan fingerprint density at radius 1 is 1.32 bits per heavy atom. The Bertz CT molecular complexity index is 596. The molecule has 0 aliphatic heterocycles. The number of nitrogens with one attached hydrogen (secondary N) is 1. The van der Waals surface area contributed by atoms with E-state index in [1.165, 1.54) is 6.08 Å². The number of alkyl halides is 1. The molecule has 22 heavy (non-hydrogen) atoms. The molecule has 8 heteroatoms. The molecule has 1 N–H and O–H groups in total. The van der Waals surface area contributed by atoms with Gasteiger partial charge in [0.2, 0.25) is 5.91 Å². The van der Waals surface area contributed by atoms with Gasteiger partial charge in [0.1, 0.15) is 22.4 Å². The van der Waals surface area contributed by atoms with Crippen molar-refractivity contribution < 1.29 is 23.9 Å². The number of rotatable bonds is 7. The van der Waals surface area contributed by atoms with Gasteiger partial charge in [0, 0.05) is 0 Å². The molecule has 1 aromatic rings. The molecule has 0 aliphatic rings. The van der Waals surface area contributed by atoms with Crippen LogP contribution in [0.5, 0.6) is 0 Å². The van der Waals surface area contributed by atoms with E-state index in [1.54, 1.807) is 13.8 Å². The molecule has 0 atom stereocenters. The van der Waals surface area contributed by atoms with Crippen molar-refractivity contribution in [3.05, 3.63) is 28.7 Å². The first-order valence-electron chi connectivity index (χ1n) is 6.40. The summed E-state index contributed by atoms with van der Waals surface area (Å²) in [7, 11) is 0. The molecule has 1 amide bonds. The molecule has 0 aromatic carbocycles. The van der Waals surface area contributed by atoms with E-state index in [9.17, 15) is 14.4 Å². The largest absolute Gasteiger partial charge is 0.462 e. The predicted molar refractivity (Wildman–Crippen MR) is 84.8 cm³/mol. The van der Waals surface area contributed by atoms with Crippen LogP contribution < -0.4 is 5.32 Å². The van der Waals surface area contributed by atoms with Gasteiger partial charge in [-0.1, -0.05) is 12.7 Å². The van der Waals surface area contributed by atoms with Gasteiger partial charge >= 0.3 is 11.9 Å². The van der Waals surface area contributed by atoms with E-state index < -0.39 is 17.8 Å². The second-order valence-electron chi connectivity index (χ2n) is 4.05. The topological polar surface area (TPSA) is 81.7 Å². The second kappa shape index (κ2) is 8.55. The van der Waals surface area contributed by atoms with Crippen LogP contribution in [0, 0.1) is 6.92 Å². The van der Waals surface area contributed by atoms with Crippen LogP contribution in [-0.4, -0.2) is 36.9 Å². The fourth-order valence-electron chi connectivity index (χ4n) is 1.61. The highest BCUT2D eigenvalue weighted by atomic mass is 35.5. The van der Waals surface area contributed by atoms with Crippen LogP contribution in [0.25, 0.3) is 0 Å². The maximum absolute atomic E-state index is 12.0. The Morgan fingerprint density at radius 2 is 2.00 bits per heavy atom. The van der Waals surface area contributed by atoms with E-state index in [2.05, 4.69) is 11.9 Å². The summed E-state index contributed by atoms with van der Waals surface area (Å²) in [5, 5.41) is 2.71. The minimum atomic E-state index is -0.621. The Balaban J connectivity index is 3.22. The summed E-state index contributed by atoms with van der Waals surface area (Å²) in [6.07, 6.45) is 1.43. The van der Waals surface area contributed by atoms with Gasteiger partial charge in [-0.2, -0.15) is 0 Å². The van der Waals surface area contributed by atoms with Crippen molar-refractivity contribution in [1.82, 2.24) is 0 Å². The number of carbonyl (C=O) groups is 3. The molecule has 0 saturated heterocycles. The average molecular weight is 346 g/mol. The molecule has 0 bridgehead atoms. The first-order chi connectivity index (χ1) is 10.5. The normalized spacial score (nSPS) is 9.95. The number of amides is 1. The van der Waals surface area contributed by atoms with Crippen molar-refractivity contribution in [3.63, 3.8) is 0 Å². The maximum atomic E-state index is 12.0. The fourth-order valence-corrected chi connectivity index (χ4v) is 2.78. The van der Waals surface area contributed by atoms with Gasteiger partial charge in [-0.05, 0) is 19.4 Å². The zero-order chi connectivity index (χ0) is 16.7. The van der Waals surface area contributed by atoms with Gasteiger partial charge in [0.15, 0.2) is 0 Å². The van der Waals surface area contributed by atoms with E-state index in [4.69, 9.17) is 21.1 Å². The Kier molecular flexibility index (Phi) is 7.07. The van der Waals surface area contributed by atoms with Crippen molar-refractivity contribution in [2.24, 2.45) is 0 Å². The van der Waals surface area contributed by atoms with Crippen LogP contribution in [0.4, 0.5) is 5.00 Å². The monoisotopic (exact) mass is 345 g/mol. The SMILES string of the molecule is C=CCOC(=O)c1sc(NC(=O)CCl)c(C(=O)OCC)c1C. The van der Waals surface area contributed by atoms with E-state index in [0.717, 1.165) is 11.3 Å². The summed E-state index contributed by atoms with van der Waals surface area (Å²) in [5.74, 6) is -1.97. The zero-order valence-corrected chi connectivity index (χ0v) is 13.8. The minimum absolute atomic E-state index is 0.0499. The lowest BCUT2D eigenvalue weighted by atomic mass is 10.1. The van der Waals surface area contributed by atoms with Gasteiger partial charge in [0.05, 0.1) is 12.2 Å². The molecule has 1 heterocycles. The molecule has 0 spiro atoms. The number of carbonyl (C=O) groups excluding carboxylic acids is 3. The van der Waals surface area contributed by atoms with Crippen molar-refractivity contribution >= 4 is 45.8 Å². The number of ether oxygens (including phenoxy) is 2. The summed E-state index contributed by atoms with van der Waals surface area (Å²) in [6.45, 7) is 6.93. The third-order valence-electron chi connectivity index (χ3n) is 2.52. The first kappa shape index (κ1) is 18.2. The first-order valence-corrected chi connectivity index (χ1v) is 7.75. The number of thiophene rings is 1. The quantitative estimate of drug-likeness (QED) is 0.467. The van der Waals surface area contributed by atoms with Crippen LogP contribution in [0.2, 0.25) is 0 Å². The highest BCUT2D eigenvalue weighted by molar-refractivity contribution is 7.18. The number of esters is 2. The Morgan fingerprint density at radius 3 is 2.55 bits per heavy atom. The summed E-state index contributed by atoms with van der Waals surface area (Å²) < 4.78 is 9.91. The third-order valence-corrected chi connectivity index (χ3v) is 3.95. The molecule has 0 saturated carbocycles. The molecule has 0 fully saturated rings. The lowest BCUT2D eigenvalue weighted by Crippen LogP contribution is -2.15. The lowest BCUT2D eigenvalue weighted by molar-refractivity contribution is -0.113. The van der Waals surface area contributed by atoms with Gasteiger partial charge in [0.25, 0.3) is 0 Å². The van der Waals surface area contributed by atoms with Gasteiger partial charge < -0.3 is 14.8 Å². The maximum Gasteiger partial charge on any atom is 0.348 e. The molecule has 1 rings (SSSR count). The average Bonchev–Trinajstić information content (AvgIpc) is 2.81. The molecule has 120 valence electrons. The summed E-state index contributed by atoms with van der Waals surface area (Å²) in [5.41, 5.74) is 0.526. The van der Waals surface area contributed by atoms with Crippen LogP contribution >= 0.6 is 22.9 Å². The molecule has 0 unspecified atom stereocenters. The molecule has 6 nitrogen and oxygen atoms in total. The van der Waals surface area contributed by atoms with Crippen molar-refractivity contribution in [2.45, 2.75) is 13.8 Å². The van der Waals surface area contributed by atoms with Crippen LogP contribution in [-0.2, 0) is 14.3 Å². The van der Waals surface area contributed by atoms with E-state index in [1.807, 2.05) is 0 Å². The number of halogens is 1. The van der Waals surface area contributed by atoms with Crippen LogP contribution in [0.3, 0.4) is 0 Å². The van der Waals surface area contributed by atoms with Gasteiger partial charge in [-0.25, -0.2) is 9.59 Å². The molecule has 0 aliphatic carbocycles. The summed E-state index contributed by atoms with van der Waals surface area (Å²) in [4.78, 5) is 35.7. The van der Waals surface area contributed by atoms with E-state index in [0.29, 0.717) is 5.56 Å². The number of anilines is 1. The molecular formula is C14H16ClNO5S. The molecule has 1 aromatic heterocycles. The third kappa shape index (κ3) is 4.32. The predicted octanol–water partition coefficient (Wildman–Crippen LogP) is 2.75. The Hall–Kier alpha value is -1.86. The summed E-state index contributed by atoms with van der Waals surface area (Å²) in [6, 6.07) is 0. The summed E-state index contributed by atoms with van der Waals surface area (Å²) >= 11 is 6.39. The zero-order valence-electron chi connectivity index (χ0n) is 12.2. The van der Waals surface area contributed by atoms with Crippen molar-refractivity contribution in [1.29, 1.82) is 0 Å². The van der Waals surface area contributed by atoms with Crippen LogP contribution in [0.15, 0.2) is 12.7 Å². The number of hydrogen-bond acceptors (Lipinski definition) is 6. The van der Waals surface area contributed by atoms with Crippen molar-refractivity contribution in [3.8, 4) is 0 Å². The minimum Gasteiger partial charge on any atom is -0.462 e. The molecule has 0 radical (unpaired) electrons. The highest BCUT2D eigenvalue weighted by Gasteiger charge is 2.27. The standard InChI is InChI=1S/C14H16ClNO5S/c1-4-6-21-14(19)11-8(3)10(13(18)20-5-2)12(22-11)16-9(17)7-15/h4H,1,5-7H2,2-3H3,(H,16,17). The highest BCUT2D eigenvalue weighted by Crippen LogP contribution is 2.34. The van der Waals surface area contributed by atoms with Crippen molar-refractivity contribution in [2.75, 3.05) is 24.4 Å². The van der Waals surface area contributed by atoms with Gasteiger partial charge in [-0.15, -0.1) is 22.9 Å². The Labute approximate surface area is 137 Å². The second-order valence-corrected chi connectivity index (χ2v) is 5.34. The van der Waals surface area contributed by atoms with Gasteiger partial charge in [-0.3, -0.25) is 4.79 Å². The smallest absolute Gasteiger partial charge is 0.348 e. The lowest BCUT2D eigenvalue weighted by Gasteiger charge is -2.05. The molecular weight excluding hydrogens is 330 g/mol.